The van der Waals surface area contributed by atoms with Crippen molar-refractivity contribution in [1.82, 2.24) is 5.32 Å². The Kier molecular flexibility index (Phi) is 3.84. The molecule has 0 saturated heterocycles. The minimum absolute atomic E-state index is 0.200. The molecule has 21 heavy (non-hydrogen) atoms. The van der Waals surface area contributed by atoms with Gasteiger partial charge in [0.2, 0.25) is 5.91 Å². The van der Waals surface area contributed by atoms with E-state index in [0.717, 1.165) is 31.7 Å². The normalized spacial score (nSPS) is 44.8. The zero-order chi connectivity index (χ0) is 15.3. The van der Waals surface area contributed by atoms with Crippen molar-refractivity contribution in [3.05, 3.63) is 0 Å². The van der Waals surface area contributed by atoms with Crippen LogP contribution < -0.4 is 11.1 Å². The molecule has 2 bridgehead atoms. The molecule has 3 fully saturated rings. The van der Waals surface area contributed by atoms with Crippen LogP contribution in [0.25, 0.3) is 0 Å². The number of rotatable bonds is 3. The van der Waals surface area contributed by atoms with Gasteiger partial charge < -0.3 is 11.1 Å². The average Bonchev–Trinajstić information content (AvgIpc) is 2.94. The second-order valence-electron chi connectivity index (χ2n) is 8.82. The second-order valence-corrected chi connectivity index (χ2v) is 8.82. The van der Waals surface area contributed by atoms with Crippen molar-refractivity contribution in [1.29, 1.82) is 0 Å². The number of amides is 1. The monoisotopic (exact) mass is 292 g/mol. The quantitative estimate of drug-likeness (QED) is 0.840. The van der Waals surface area contributed by atoms with Crippen LogP contribution in [-0.4, -0.2) is 18.5 Å². The molecule has 3 rings (SSSR count). The molecule has 0 heterocycles. The first-order valence-electron chi connectivity index (χ1n) is 8.87. The molecule has 5 unspecified atom stereocenters. The molecule has 0 radical (unpaired) electrons. The lowest BCUT2D eigenvalue weighted by atomic mass is 9.68. The zero-order valence-corrected chi connectivity index (χ0v) is 14.0. The molecule has 0 aromatic rings. The summed E-state index contributed by atoms with van der Waals surface area (Å²) in [5.41, 5.74) is 6.39. The average molecular weight is 292 g/mol. The summed E-state index contributed by atoms with van der Waals surface area (Å²) >= 11 is 0. The maximum atomic E-state index is 12.8. The van der Waals surface area contributed by atoms with Crippen molar-refractivity contribution >= 4 is 5.91 Å². The summed E-state index contributed by atoms with van der Waals surface area (Å²) in [4.78, 5) is 12.8. The fourth-order valence-corrected chi connectivity index (χ4v) is 5.67. The molecule has 3 aliphatic carbocycles. The molecule has 0 aromatic heterocycles. The summed E-state index contributed by atoms with van der Waals surface area (Å²) in [5, 5.41) is 3.48. The van der Waals surface area contributed by atoms with Crippen molar-refractivity contribution in [2.45, 2.75) is 71.8 Å². The predicted octanol–water partition coefficient (Wildman–Crippen LogP) is 3.08. The Morgan fingerprint density at radius 1 is 1.24 bits per heavy atom. The molecule has 3 N–H and O–H groups in total. The second kappa shape index (κ2) is 5.26. The largest absolute Gasteiger partial charge is 0.352 e. The molecular formula is C18H32N2O. The van der Waals surface area contributed by atoms with Crippen LogP contribution >= 0.6 is 0 Å². The van der Waals surface area contributed by atoms with Crippen LogP contribution in [-0.2, 0) is 4.79 Å². The van der Waals surface area contributed by atoms with Gasteiger partial charge in [0.15, 0.2) is 0 Å². The molecule has 0 aromatic carbocycles. The molecule has 1 amide bonds. The van der Waals surface area contributed by atoms with Gasteiger partial charge in [-0.2, -0.15) is 0 Å². The van der Waals surface area contributed by atoms with E-state index in [1.807, 2.05) is 0 Å². The summed E-state index contributed by atoms with van der Waals surface area (Å²) in [7, 11) is 0. The Morgan fingerprint density at radius 2 is 2.00 bits per heavy atom. The number of carbonyl (C=O) groups is 1. The van der Waals surface area contributed by atoms with Gasteiger partial charge in [-0.05, 0) is 67.7 Å². The van der Waals surface area contributed by atoms with E-state index in [2.05, 4.69) is 26.1 Å². The molecule has 3 heteroatoms. The standard InChI is InChI=1S/C18H32N2O/c1-17(2)14-7-8-18(3,10-14)16(17)20-15(21)13-6-4-5-12(9-13)11-19/h12-14,16H,4-11,19H2,1-3H3,(H,20,21). The maximum Gasteiger partial charge on any atom is 0.223 e. The number of hydrogen-bond donors (Lipinski definition) is 2. The third-order valence-electron chi connectivity index (χ3n) is 7.04. The summed E-state index contributed by atoms with van der Waals surface area (Å²) < 4.78 is 0. The SMILES string of the molecule is CC12CCC(C1)C(C)(C)C2NC(=O)C1CCCC(CN)C1. The minimum Gasteiger partial charge on any atom is -0.352 e. The van der Waals surface area contributed by atoms with E-state index in [9.17, 15) is 4.79 Å². The van der Waals surface area contributed by atoms with Crippen molar-refractivity contribution in [3.63, 3.8) is 0 Å². The van der Waals surface area contributed by atoms with Gasteiger partial charge in [-0.15, -0.1) is 0 Å². The Balaban J connectivity index is 1.67. The molecule has 3 aliphatic rings. The van der Waals surface area contributed by atoms with Gasteiger partial charge in [-0.3, -0.25) is 4.79 Å². The van der Waals surface area contributed by atoms with Crippen molar-refractivity contribution in [2.75, 3.05) is 6.54 Å². The first-order valence-corrected chi connectivity index (χ1v) is 8.87. The highest BCUT2D eigenvalue weighted by Crippen LogP contribution is 2.62. The van der Waals surface area contributed by atoms with Gasteiger partial charge in [-0.1, -0.05) is 27.2 Å². The smallest absolute Gasteiger partial charge is 0.223 e. The van der Waals surface area contributed by atoms with E-state index in [1.165, 1.54) is 25.7 Å². The van der Waals surface area contributed by atoms with E-state index in [0.29, 0.717) is 23.3 Å². The fraction of sp³-hybridized carbons (Fsp3) is 0.944. The Bertz CT molecular complexity index is 415. The van der Waals surface area contributed by atoms with Crippen LogP contribution in [0.15, 0.2) is 0 Å². The molecule has 3 saturated carbocycles. The zero-order valence-electron chi connectivity index (χ0n) is 14.0. The highest BCUT2D eigenvalue weighted by Gasteiger charge is 2.59. The fourth-order valence-electron chi connectivity index (χ4n) is 5.67. The molecule has 3 nitrogen and oxygen atoms in total. The van der Waals surface area contributed by atoms with Crippen LogP contribution in [0.5, 0.6) is 0 Å². The highest BCUT2D eigenvalue weighted by molar-refractivity contribution is 5.79. The van der Waals surface area contributed by atoms with Gasteiger partial charge in [0.1, 0.15) is 0 Å². The van der Waals surface area contributed by atoms with Crippen LogP contribution in [0.3, 0.4) is 0 Å². The summed E-state index contributed by atoms with van der Waals surface area (Å²) in [5.74, 6) is 1.85. The molecular weight excluding hydrogens is 260 g/mol. The first-order chi connectivity index (χ1) is 9.87. The summed E-state index contributed by atoms with van der Waals surface area (Å²) in [6, 6.07) is 0.356. The molecule has 5 atom stereocenters. The van der Waals surface area contributed by atoms with Gasteiger partial charge in [-0.25, -0.2) is 0 Å². The van der Waals surface area contributed by atoms with Crippen molar-refractivity contribution in [2.24, 2.45) is 34.3 Å². The van der Waals surface area contributed by atoms with E-state index >= 15 is 0 Å². The van der Waals surface area contributed by atoms with E-state index in [4.69, 9.17) is 5.73 Å². The van der Waals surface area contributed by atoms with E-state index in [1.54, 1.807) is 0 Å². The number of nitrogens with two attached hydrogens (primary N) is 1. The number of fused-ring (bicyclic) bond motifs is 2. The predicted molar refractivity (Wildman–Crippen MR) is 85.7 cm³/mol. The van der Waals surface area contributed by atoms with Gasteiger partial charge in [0.25, 0.3) is 0 Å². The van der Waals surface area contributed by atoms with Crippen LogP contribution in [0, 0.1) is 28.6 Å². The lowest BCUT2D eigenvalue weighted by molar-refractivity contribution is -0.129. The van der Waals surface area contributed by atoms with E-state index in [-0.39, 0.29) is 11.3 Å². The van der Waals surface area contributed by atoms with Crippen molar-refractivity contribution < 1.29 is 4.79 Å². The lowest BCUT2D eigenvalue weighted by Crippen LogP contribution is -2.54. The van der Waals surface area contributed by atoms with Gasteiger partial charge in [0, 0.05) is 12.0 Å². The third-order valence-corrected chi connectivity index (χ3v) is 7.04. The number of carbonyl (C=O) groups excluding carboxylic acids is 1. The number of hydrogen-bond acceptors (Lipinski definition) is 2. The van der Waals surface area contributed by atoms with Gasteiger partial charge in [0.05, 0.1) is 0 Å². The molecule has 120 valence electrons. The third kappa shape index (κ3) is 2.52. The Morgan fingerprint density at radius 3 is 2.62 bits per heavy atom. The topological polar surface area (TPSA) is 55.1 Å². The van der Waals surface area contributed by atoms with Crippen LogP contribution in [0.4, 0.5) is 0 Å². The molecule has 0 spiro atoms. The van der Waals surface area contributed by atoms with Crippen molar-refractivity contribution in [3.8, 4) is 0 Å². The van der Waals surface area contributed by atoms with Crippen LogP contribution in [0.1, 0.15) is 65.7 Å². The Hall–Kier alpha value is -0.570. The number of nitrogens with one attached hydrogen (secondary N) is 1. The Labute approximate surface area is 129 Å². The minimum atomic E-state index is 0.200. The van der Waals surface area contributed by atoms with Crippen LogP contribution in [0.2, 0.25) is 0 Å². The van der Waals surface area contributed by atoms with E-state index < -0.39 is 0 Å². The maximum absolute atomic E-state index is 12.8. The highest BCUT2D eigenvalue weighted by atomic mass is 16.2. The first kappa shape index (κ1) is 15.3. The summed E-state index contributed by atoms with van der Waals surface area (Å²) in [6.45, 7) is 7.84. The summed E-state index contributed by atoms with van der Waals surface area (Å²) in [6.07, 6.45) is 8.33. The molecule has 0 aliphatic heterocycles. The van der Waals surface area contributed by atoms with Gasteiger partial charge >= 0.3 is 0 Å². The lowest BCUT2D eigenvalue weighted by Gasteiger charge is -2.44.